The monoisotopic (exact) mass is 390 g/mol. The average molecular weight is 390 g/mol. The van der Waals surface area contributed by atoms with E-state index < -0.39 is 11.9 Å². The van der Waals surface area contributed by atoms with Crippen molar-refractivity contribution in [1.29, 1.82) is 5.26 Å². The van der Waals surface area contributed by atoms with Crippen LogP contribution >= 0.6 is 11.8 Å². The molecular formula is C22H18N2O3S. The number of carbonyl (C=O) groups is 2. The van der Waals surface area contributed by atoms with Crippen LogP contribution < -0.4 is 5.32 Å². The fourth-order valence-corrected chi connectivity index (χ4v) is 4.02. The lowest BCUT2D eigenvalue weighted by Gasteiger charge is -2.22. The first-order chi connectivity index (χ1) is 13.5. The summed E-state index contributed by atoms with van der Waals surface area (Å²) in [5, 5.41) is 21.3. The molecule has 0 aromatic heterocycles. The predicted octanol–water partition coefficient (Wildman–Crippen LogP) is 4.01. The maximum atomic E-state index is 12.7. The molecule has 1 amide bonds. The van der Waals surface area contributed by atoms with Crippen LogP contribution in [0.5, 0.6) is 0 Å². The van der Waals surface area contributed by atoms with Gasteiger partial charge in [-0.1, -0.05) is 54.2 Å². The van der Waals surface area contributed by atoms with Crippen LogP contribution in [0.2, 0.25) is 0 Å². The molecule has 0 saturated heterocycles. The van der Waals surface area contributed by atoms with E-state index in [2.05, 4.69) is 11.4 Å². The standard InChI is InChI=1S/C22H18N2O3S/c1-14(22(26)27)7-6-12-24-21(25)17(13-23)20-15-8-2-4-10-18(15)28-19-11-5-3-9-16(19)20/h2-5,7-11H,6,12H2,1H3,(H,24,25)(H,26,27)/b14-7+. The molecule has 0 radical (unpaired) electrons. The number of nitrogens with zero attached hydrogens (tertiary/aromatic N) is 1. The average Bonchev–Trinajstić information content (AvgIpc) is 2.70. The van der Waals surface area contributed by atoms with E-state index in [0.717, 1.165) is 20.9 Å². The predicted molar refractivity (Wildman–Crippen MR) is 108 cm³/mol. The van der Waals surface area contributed by atoms with Gasteiger partial charge in [-0.25, -0.2) is 4.79 Å². The fourth-order valence-electron chi connectivity index (χ4n) is 2.93. The molecule has 3 rings (SSSR count). The molecule has 0 atom stereocenters. The first kappa shape index (κ1) is 19.5. The molecule has 5 nitrogen and oxygen atoms in total. The van der Waals surface area contributed by atoms with E-state index in [9.17, 15) is 14.9 Å². The highest BCUT2D eigenvalue weighted by molar-refractivity contribution is 7.99. The minimum absolute atomic E-state index is 0.0548. The molecule has 1 aliphatic rings. The van der Waals surface area contributed by atoms with Crippen molar-refractivity contribution in [1.82, 2.24) is 5.32 Å². The Labute approximate surface area is 167 Å². The number of aliphatic carboxylic acids is 1. The van der Waals surface area contributed by atoms with Crippen LogP contribution in [0, 0.1) is 11.3 Å². The normalized spacial score (nSPS) is 12.4. The summed E-state index contributed by atoms with van der Waals surface area (Å²) in [5.41, 5.74) is 2.63. The number of amides is 1. The maximum Gasteiger partial charge on any atom is 0.330 e. The zero-order valence-corrected chi connectivity index (χ0v) is 16.0. The van der Waals surface area contributed by atoms with Crippen LogP contribution in [-0.2, 0) is 9.59 Å². The van der Waals surface area contributed by atoms with E-state index in [-0.39, 0.29) is 17.7 Å². The Hall–Kier alpha value is -3.30. The summed E-state index contributed by atoms with van der Waals surface area (Å²) in [5.74, 6) is -1.45. The van der Waals surface area contributed by atoms with Gasteiger partial charge >= 0.3 is 5.97 Å². The Kier molecular flexibility index (Phi) is 5.97. The Bertz CT molecular complexity index is 1000. The van der Waals surface area contributed by atoms with Crippen LogP contribution in [0.3, 0.4) is 0 Å². The molecule has 140 valence electrons. The number of nitrogens with one attached hydrogen (secondary N) is 1. The largest absolute Gasteiger partial charge is 0.478 e. The number of rotatable bonds is 5. The summed E-state index contributed by atoms with van der Waals surface area (Å²) >= 11 is 1.61. The van der Waals surface area contributed by atoms with Gasteiger partial charge in [0, 0.05) is 27.5 Å². The number of hydrogen-bond acceptors (Lipinski definition) is 4. The van der Waals surface area contributed by atoms with Gasteiger partial charge in [-0.2, -0.15) is 5.26 Å². The van der Waals surface area contributed by atoms with E-state index in [1.54, 1.807) is 17.8 Å². The highest BCUT2D eigenvalue weighted by Crippen LogP contribution is 2.46. The van der Waals surface area contributed by atoms with Gasteiger partial charge in [-0.15, -0.1) is 0 Å². The molecule has 0 fully saturated rings. The quantitative estimate of drug-likeness (QED) is 0.390. The third-order valence-corrected chi connectivity index (χ3v) is 5.49. The van der Waals surface area contributed by atoms with Crippen molar-refractivity contribution >= 4 is 29.2 Å². The topological polar surface area (TPSA) is 90.2 Å². The number of hydrogen-bond donors (Lipinski definition) is 2. The molecule has 0 bridgehead atoms. The summed E-state index contributed by atoms with van der Waals surface area (Å²) in [6.45, 7) is 1.75. The van der Waals surface area contributed by atoms with Crippen molar-refractivity contribution in [3.63, 3.8) is 0 Å². The molecule has 0 aliphatic carbocycles. The van der Waals surface area contributed by atoms with Crippen molar-refractivity contribution < 1.29 is 14.7 Å². The molecule has 2 aromatic rings. The molecular weight excluding hydrogens is 372 g/mol. The van der Waals surface area contributed by atoms with E-state index in [0.29, 0.717) is 12.0 Å². The summed E-state index contributed by atoms with van der Waals surface area (Å²) in [6.07, 6.45) is 1.92. The molecule has 2 N–H and O–H groups in total. The third kappa shape index (κ3) is 4.00. The molecule has 0 unspecified atom stereocenters. The molecule has 0 saturated carbocycles. The minimum Gasteiger partial charge on any atom is -0.478 e. The van der Waals surface area contributed by atoms with Crippen LogP contribution in [0.1, 0.15) is 24.5 Å². The second-order valence-electron chi connectivity index (χ2n) is 6.19. The molecule has 0 spiro atoms. The first-order valence-corrected chi connectivity index (χ1v) is 9.54. The first-order valence-electron chi connectivity index (χ1n) is 8.72. The lowest BCUT2D eigenvalue weighted by Crippen LogP contribution is -2.26. The maximum absolute atomic E-state index is 12.7. The minimum atomic E-state index is -0.987. The Morgan fingerprint density at radius 1 is 1.11 bits per heavy atom. The summed E-state index contributed by atoms with van der Waals surface area (Å²) in [4.78, 5) is 25.5. The van der Waals surface area contributed by atoms with Gasteiger partial charge in [0.05, 0.1) is 0 Å². The second-order valence-corrected chi connectivity index (χ2v) is 7.28. The Morgan fingerprint density at radius 2 is 1.68 bits per heavy atom. The van der Waals surface area contributed by atoms with Crippen molar-refractivity contribution in [3.8, 4) is 6.07 Å². The Morgan fingerprint density at radius 3 is 2.21 bits per heavy atom. The van der Waals surface area contributed by atoms with Gasteiger partial charge in [0.1, 0.15) is 11.6 Å². The van der Waals surface area contributed by atoms with Crippen LogP contribution in [0.25, 0.3) is 5.57 Å². The van der Waals surface area contributed by atoms with Crippen molar-refractivity contribution in [2.75, 3.05) is 6.54 Å². The van der Waals surface area contributed by atoms with Crippen LogP contribution in [0.15, 0.2) is 75.5 Å². The van der Waals surface area contributed by atoms with Crippen molar-refractivity contribution in [3.05, 3.63) is 76.9 Å². The second kappa shape index (κ2) is 8.59. The molecule has 1 aliphatic heterocycles. The number of carbonyl (C=O) groups excluding carboxylic acids is 1. The number of nitriles is 1. The van der Waals surface area contributed by atoms with Crippen LogP contribution in [-0.4, -0.2) is 23.5 Å². The molecule has 6 heteroatoms. The molecule has 1 heterocycles. The highest BCUT2D eigenvalue weighted by Gasteiger charge is 2.26. The lowest BCUT2D eigenvalue weighted by molar-refractivity contribution is -0.132. The van der Waals surface area contributed by atoms with Crippen LogP contribution in [0.4, 0.5) is 0 Å². The third-order valence-electron chi connectivity index (χ3n) is 4.34. The number of carboxylic acids is 1. The lowest BCUT2D eigenvalue weighted by atomic mass is 9.92. The van der Waals surface area contributed by atoms with Gasteiger partial charge in [-0.05, 0) is 36.6 Å². The number of benzene rings is 2. The Balaban J connectivity index is 1.94. The summed E-state index contributed by atoms with van der Waals surface area (Å²) < 4.78 is 0. The summed E-state index contributed by atoms with van der Waals surface area (Å²) in [6, 6.07) is 17.5. The van der Waals surface area contributed by atoms with E-state index in [1.807, 2.05) is 48.5 Å². The molecule has 28 heavy (non-hydrogen) atoms. The van der Waals surface area contributed by atoms with Gasteiger partial charge in [-0.3, -0.25) is 4.79 Å². The van der Waals surface area contributed by atoms with Gasteiger partial charge < -0.3 is 10.4 Å². The van der Waals surface area contributed by atoms with Gasteiger partial charge in [0.2, 0.25) is 0 Å². The van der Waals surface area contributed by atoms with Gasteiger partial charge in [0.25, 0.3) is 5.91 Å². The van der Waals surface area contributed by atoms with E-state index in [1.165, 1.54) is 6.92 Å². The number of fused-ring (bicyclic) bond motifs is 2. The summed E-state index contributed by atoms with van der Waals surface area (Å²) in [7, 11) is 0. The SMILES string of the molecule is C/C(=C\CCNC(=O)C(C#N)=C1c2ccccc2Sc2ccccc21)C(=O)O. The van der Waals surface area contributed by atoms with E-state index in [4.69, 9.17) is 5.11 Å². The van der Waals surface area contributed by atoms with Crippen molar-refractivity contribution in [2.45, 2.75) is 23.1 Å². The van der Waals surface area contributed by atoms with E-state index >= 15 is 0 Å². The zero-order chi connectivity index (χ0) is 20.1. The molecule has 2 aromatic carbocycles. The number of carboxylic acid groups (broad SMARTS) is 1. The zero-order valence-electron chi connectivity index (χ0n) is 15.2. The smallest absolute Gasteiger partial charge is 0.330 e. The van der Waals surface area contributed by atoms with Gasteiger partial charge in [0.15, 0.2) is 0 Å². The van der Waals surface area contributed by atoms with Crippen molar-refractivity contribution in [2.24, 2.45) is 0 Å². The highest BCUT2D eigenvalue weighted by atomic mass is 32.2. The fraction of sp³-hybridized carbons (Fsp3) is 0.136.